The Kier molecular flexibility index (Phi) is 3.96. The van der Waals surface area contributed by atoms with Crippen LogP contribution in [0, 0.1) is 6.92 Å². The molecule has 1 aliphatic rings. The molecule has 1 aromatic carbocycles. The number of aryl methyl sites for hydroxylation is 1. The Morgan fingerprint density at radius 1 is 1.39 bits per heavy atom. The van der Waals surface area contributed by atoms with Crippen LogP contribution in [-0.2, 0) is 9.47 Å². The quantitative estimate of drug-likeness (QED) is 0.771. The number of aliphatic hydroxyl groups excluding tert-OH is 2. The molecule has 3 atom stereocenters. The van der Waals surface area contributed by atoms with E-state index in [4.69, 9.17) is 14.6 Å². The maximum absolute atomic E-state index is 11.7. The summed E-state index contributed by atoms with van der Waals surface area (Å²) < 4.78 is 10.1. The van der Waals surface area contributed by atoms with Gasteiger partial charge in [0.15, 0.2) is 6.29 Å². The molecule has 0 radical (unpaired) electrons. The number of benzene rings is 1. The maximum atomic E-state index is 11.7. The molecule has 0 unspecified atom stereocenters. The standard InChI is InChI=1S/C13H16O5/c1-8-2-4-9(5-3-8)12(15)17-7-10-6-11(14)13(16)18-10/h2-5,10-11,13-14,16H,6-7H2,1H3/t10-,11+,13-/m1/s1. The topological polar surface area (TPSA) is 76.0 Å². The molecule has 0 amide bonds. The highest BCUT2D eigenvalue weighted by Crippen LogP contribution is 2.19. The Bertz CT molecular complexity index is 404. The van der Waals surface area contributed by atoms with E-state index in [-0.39, 0.29) is 13.0 Å². The van der Waals surface area contributed by atoms with Crippen LogP contribution in [-0.4, -0.2) is 41.3 Å². The predicted molar refractivity (Wildman–Crippen MR) is 63.0 cm³/mol. The van der Waals surface area contributed by atoms with Gasteiger partial charge in [0.25, 0.3) is 0 Å². The van der Waals surface area contributed by atoms with E-state index < -0.39 is 24.5 Å². The number of carbonyl (C=O) groups excluding carboxylic acids is 1. The fourth-order valence-electron chi connectivity index (χ4n) is 1.78. The van der Waals surface area contributed by atoms with Gasteiger partial charge in [0, 0.05) is 6.42 Å². The molecule has 1 saturated heterocycles. The van der Waals surface area contributed by atoms with E-state index >= 15 is 0 Å². The molecule has 5 heteroatoms. The van der Waals surface area contributed by atoms with Gasteiger partial charge in [-0.2, -0.15) is 0 Å². The molecular weight excluding hydrogens is 236 g/mol. The Balaban J connectivity index is 1.84. The second-order valence-electron chi connectivity index (χ2n) is 4.42. The van der Waals surface area contributed by atoms with Crippen molar-refractivity contribution in [1.29, 1.82) is 0 Å². The van der Waals surface area contributed by atoms with E-state index in [0.717, 1.165) is 5.56 Å². The summed E-state index contributed by atoms with van der Waals surface area (Å²) in [7, 11) is 0. The Morgan fingerprint density at radius 3 is 2.61 bits per heavy atom. The summed E-state index contributed by atoms with van der Waals surface area (Å²) in [4.78, 5) is 11.7. The fraction of sp³-hybridized carbons (Fsp3) is 0.462. The Morgan fingerprint density at radius 2 is 2.06 bits per heavy atom. The van der Waals surface area contributed by atoms with E-state index in [1.54, 1.807) is 12.1 Å². The molecular formula is C13H16O5. The molecule has 0 bridgehead atoms. The number of rotatable bonds is 3. The lowest BCUT2D eigenvalue weighted by Gasteiger charge is -2.10. The zero-order valence-corrected chi connectivity index (χ0v) is 10.1. The normalized spacial score (nSPS) is 27.2. The minimum Gasteiger partial charge on any atom is -0.459 e. The molecule has 18 heavy (non-hydrogen) atoms. The van der Waals surface area contributed by atoms with Crippen LogP contribution in [0.15, 0.2) is 24.3 Å². The maximum Gasteiger partial charge on any atom is 0.338 e. The smallest absolute Gasteiger partial charge is 0.338 e. The van der Waals surface area contributed by atoms with Crippen LogP contribution in [0.5, 0.6) is 0 Å². The number of hydrogen-bond acceptors (Lipinski definition) is 5. The average molecular weight is 252 g/mol. The lowest BCUT2D eigenvalue weighted by molar-refractivity contribution is -0.133. The van der Waals surface area contributed by atoms with Crippen LogP contribution in [0.25, 0.3) is 0 Å². The van der Waals surface area contributed by atoms with Crippen molar-refractivity contribution < 1.29 is 24.5 Å². The van der Waals surface area contributed by atoms with Gasteiger partial charge in [-0.15, -0.1) is 0 Å². The number of aliphatic hydroxyl groups is 2. The van der Waals surface area contributed by atoms with Gasteiger partial charge in [-0.05, 0) is 19.1 Å². The highest BCUT2D eigenvalue weighted by atomic mass is 16.6. The highest BCUT2D eigenvalue weighted by Gasteiger charge is 2.33. The van der Waals surface area contributed by atoms with Gasteiger partial charge in [0.2, 0.25) is 0 Å². The first-order chi connectivity index (χ1) is 8.56. The molecule has 0 spiro atoms. The van der Waals surface area contributed by atoms with Crippen molar-refractivity contribution in [3.05, 3.63) is 35.4 Å². The van der Waals surface area contributed by atoms with Crippen molar-refractivity contribution >= 4 is 5.97 Å². The van der Waals surface area contributed by atoms with E-state index in [1.165, 1.54) is 0 Å². The van der Waals surface area contributed by atoms with Crippen LogP contribution in [0.3, 0.4) is 0 Å². The third-order valence-electron chi connectivity index (χ3n) is 2.85. The van der Waals surface area contributed by atoms with Crippen molar-refractivity contribution in [2.24, 2.45) is 0 Å². The van der Waals surface area contributed by atoms with Crippen molar-refractivity contribution in [3.63, 3.8) is 0 Å². The second-order valence-corrected chi connectivity index (χ2v) is 4.42. The van der Waals surface area contributed by atoms with Crippen molar-refractivity contribution in [2.75, 3.05) is 6.61 Å². The van der Waals surface area contributed by atoms with Crippen LogP contribution >= 0.6 is 0 Å². The summed E-state index contributed by atoms with van der Waals surface area (Å²) in [6.07, 6.45) is -2.28. The molecule has 1 aromatic rings. The molecule has 98 valence electrons. The molecule has 1 aliphatic heterocycles. The molecule has 0 saturated carbocycles. The summed E-state index contributed by atoms with van der Waals surface area (Å²) in [5, 5.41) is 18.4. The monoisotopic (exact) mass is 252 g/mol. The van der Waals surface area contributed by atoms with Crippen LogP contribution in [0.4, 0.5) is 0 Å². The fourth-order valence-corrected chi connectivity index (χ4v) is 1.78. The second kappa shape index (κ2) is 5.48. The third kappa shape index (κ3) is 3.07. The minimum atomic E-state index is -1.19. The number of carbonyl (C=O) groups is 1. The van der Waals surface area contributed by atoms with Gasteiger partial charge in [0.05, 0.1) is 11.7 Å². The van der Waals surface area contributed by atoms with Crippen LogP contribution in [0.2, 0.25) is 0 Å². The van der Waals surface area contributed by atoms with Crippen LogP contribution in [0.1, 0.15) is 22.3 Å². The zero-order chi connectivity index (χ0) is 13.1. The van der Waals surface area contributed by atoms with Gasteiger partial charge < -0.3 is 19.7 Å². The highest BCUT2D eigenvalue weighted by molar-refractivity contribution is 5.89. The molecule has 2 N–H and O–H groups in total. The number of esters is 1. The van der Waals surface area contributed by atoms with Crippen molar-refractivity contribution in [3.8, 4) is 0 Å². The largest absolute Gasteiger partial charge is 0.459 e. The summed E-state index contributed by atoms with van der Waals surface area (Å²) in [5.74, 6) is -0.436. The molecule has 1 heterocycles. The molecule has 5 nitrogen and oxygen atoms in total. The molecule has 0 aliphatic carbocycles. The molecule has 0 aromatic heterocycles. The SMILES string of the molecule is Cc1ccc(C(=O)OC[C@H]2C[C@H](O)[C@H](O)O2)cc1. The number of ether oxygens (including phenoxy) is 2. The van der Waals surface area contributed by atoms with E-state index in [1.807, 2.05) is 19.1 Å². The minimum absolute atomic E-state index is 0.0286. The zero-order valence-electron chi connectivity index (χ0n) is 10.1. The van der Waals surface area contributed by atoms with Gasteiger partial charge in [-0.3, -0.25) is 0 Å². The van der Waals surface area contributed by atoms with Crippen LogP contribution < -0.4 is 0 Å². The van der Waals surface area contributed by atoms with E-state index in [0.29, 0.717) is 5.56 Å². The Hall–Kier alpha value is -1.43. The van der Waals surface area contributed by atoms with Crippen molar-refractivity contribution in [1.82, 2.24) is 0 Å². The first kappa shape index (κ1) is 13.0. The van der Waals surface area contributed by atoms with E-state index in [9.17, 15) is 9.90 Å². The predicted octanol–water partition coefficient (Wildman–Crippen LogP) is 0.620. The average Bonchev–Trinajstić information content (AvgIpc) is 2.67. The summed E-state index contributed by atoms with van der Waals surface area (Å²) >= 11 is 0. The van der Waals surface area contributed by atoms with Gasteiger partial charge in [-0.1, -0.05) is 17.7 Å². The van der Waals surface area contributed by atoms with Gasteiger partial charge in [-0.25, -0.2) is 4.79 Å². The molecule has 1 fully saturated rings. The lowest BCUT2D eigenvalue weighted by atomic mass is 10.1. The summed E-state index contributed by atoms with van der Waals surface area (Å²) in [6.45, 7) is 1.96. The van der Waals surface area contributed by atoms with Gasteiger partial charge in [0.1, 0.15) is 12.7 Å². The van der Waals surface area contributed by atoms with E-state index in [2.05, 4.69) is 0 Å². The summed E-state index contributed by atoms with van der Waals surface area (Å²) in [5.41, 5.74) is 1.54. The first-order valence-corrected chi connectivity index (χ1v) is 5.81. The first-order valence-electron chi connectivity index (χ1n) is 5.81. The molecule has 2 rings (SSSR count). The summed E-state index contributed by atoms with van der Waals surface area (Å²) in [6, 6.07) is 7.04. The third-order valence-corrected chi connectivity index (χ3v) is 2.85. The number of hydrogen-bond donors (Lipinski definition) is 2. The lowest BCUT2D eigenvalue weighted by Crippen LogP contribution is -2.20. The Labute approximate surface area is 105 Å². The van der Waals surface area contributed by atoms with Gasteiger partial charge >= 0.3 is 5.97 Å². The van der Waals surface area contributed by atoms with Crippen molar-refractivity contribution in [2.45, 2.75) is 31.8 Å².